The summed E-state index contributed by atoms with van der Waals surface area (Å²) >= 11 is 0. The fraction of sp³-hybridized carbons (Fsp3) is 0.513. The number of aliphatic hydroxyl groups is 1. The number of carbonyl (C=O) groups excluding carboxylic acids is 2. The number of amides is 2. The van der Waals surface area contributed by atoms with Crippen molar-refractivity contribution in [3.8, 4) is 0 Å². The van der Waals surface area contributed by atoms with Gasteiger partial charge in [0.2, 0.25) is 9.04 Å². The zero-order valence-electron chi connectivity index (χ0n) is 30.4. The molecule has 3 atom stereocenters. The fourth-order valence-electron chi connectivity index (χ4n) is 5.92. The summed E-state index contributed by atoms with van der Waals surface area (Å²) in [6, 6.07) is 19.5. The fourth-order valence-corrected chi connectivity index (χ4v) is 6.95. The van der Waals surface area contributed by atoms with Crippen molar-refractivity contribution in [3.63, 3.8) is 0 Å². The normalized spacial score (nSPS) is 17.8. The highest BCUT2D eigenvalue weighted by atomic mass is 28.3. The van der Waals surface area contributed by atoms with E-state index in [1.54, 1.807) is 38.2 Å². The third-order valence-corrected chi connectivity index (χ3v) is 11.6. The van der Waals surface area contributed by atoms with Crippen LogP contribution in [0.15, 0.2) is 73.1 Å². The molecule has 0 unspecified atom stereocenters. The molecule has 3 aromatic rings. The van der Waals surface area contributed by atoms with Gasteiger partial charge in [-0.25, -0.2) is 4.79 Å². The van der Waals surface area contributed by atoms with E-state index in [1.807, 2.05) is 74.2 Å². The molecule has 1 saturated heterocycles. The molecule has 0 bridgehead atoms. The molecule has 1 aromatic heterocycles. The molecule has 0 spiro atoms. The Morgan fingerprint density at radius 3 is 2.19 bits per heavy atom. The van der Waals surface area contributed by atoms with Gasteiger partial charge in [-0.2, -0.15) is 0 Å². The van der Waals surface area contributed by atoms with E-state index >= 15 is 0 Å². The van der Waals surface area contributed by atoms with Crippen molar-refractivity contribution >= 4 is 21.0 Å². The van der Waals surface area contributed by atoms with Crippen LogP contribution in [0.1, 0.15) is 107 Å². The standard InChI is InChI=1S/C39H54N3O5Si/c1-37(2,3)46-36(44)42-32(20-21-33(42)34(29-14-12-11-13-15-29)47-48(10)38(4,5)6)23-27-16-18-30(19-17-27)35(43)41(9)26-28-22-31(25-40-24-28)39(7,8)45/h11-19,22,24-25,32-34,45H,20-21,23,26H2,1-10H3/t32-,33+,34+/m0/s1. The molecule has 2 amide bonds. The summed E-state index contributed by atoms with van der Waals surface area (Å²) in [4.78, 5) is 35.1. The van der Waals surface area contributed by atoms with Crippen LogP contribution in [0.3, 0.4) is 0 Å². The number of pyridine rings is 1. The molecule has 259 valence electrons. The number of rotatable bonds is 10. The van der Waals surface area contributed by atoms with Crippen LogP contribution in [0.25, 0.3) is 0 Å². The number of hydrogen-bond donors (Lipinski definition) is 1. The number of nitrogens with zero attached hydrogens (tertiary/aromatic N) is 3. The Hall–Kier alpha value is -3.53. The lowest BCUT2D eigenvalue weighted by Gasteiger charge is -2.39. The largest absolute Gasteiger partial charge is 0.444 e. The number of hydrogen-bond acceptors (Lipinski definition) is 6. The summed E-state index contributed by atoms with van der Waals surface area (Å²) < 4.78 is 12.9. The molecule has 1 N–H and O–H groups in total. The quantitative estimate of drug-likeness (QED) is 0.219. The van der Waals surface area contributed by atoms with Crippen molar-refractivity contribution < 1.29 is 23.9 Å². The molecular weight excluding hydrogens is 619 g/mol. The molecular formula is C39H54N3O5Si. The van der Waals surface area contributed by atoms with Crippen LogP contribution in [-0.4, -0.2) is 65.7 Å². The number of aromatic nitrogens is 1. The van der Waals surface area contributed by atoms with Gasteiger partial charge < -0.3 is 19.2 Å². The molecule has 1 radical (unpaired) electrons. The maximum Gasteiger partial charge on any atom is 0.410 e. The van der Waals surface area contributed by atoms with Crippen molar-refractivity contribution in [2.24, 2.45) is 0 Å². The molecule has 9 heteroatoms. The Morgan fingerprint density at radius 1 is 0.958 bits per heavy atom. The van der Waals surface area contributed by atoms with Crippen LogP contribution >= 0.6 is 0 Å². The van der Waals surface area contributed by atoms with Gasteiger partial charge in [0.25, 0.3) is 5.91 Å². The van der Waals surface area contributed by atoms with Crippen molar-refractivity contribution in [3.05, 3.63) is 101 Å². The number of likely N-dealkylation sites (tertiary alicyclic amines) is 1. The Bertz CT molecular complexity index is 1530. The third-order valence-electron chi connectivity index (χ3n) is 8.93. The predicted molar refractivity (Wildman–Crippen MR) is 192 cm³/mol. The molecule has 4 rings (SSSR count). The van der Waals surface area contributed by atoms with Crippen LogP contribution in [0, 0.1) is 0 Å². The van der Waals surface area contributed by atoms with E-state index in [0.717, 1.165) is 29.5 Å². The lowest BCUT2D eigenvalue weighted by atomic mass is 9.99. The Balaban J connectivity index is 1.54. The van der Waals surface area contributed by atoms with Crippen molar-refractivity contribution in [1.29, 1.82) is 0 Å². The van der Waals surface area contributed by atoms with Gasteiger partial charge in [0, 0.05) is 43.2 Å². The molecule has 2 heterocycles. The van der Waals surface area contributed by atoms with Gasteiger partial charge in [0.05, 0.1) is 17.7 Å². The van der Waals surface area contributed by atoms with E-state index < -0.39 is 20.2 Å². The highest BCUT2D eigenvalue weighted by Gasteiger charge is 2.45. The van der Waals surface area contributed by atoms with Gasteiger partial charge in [-0.3, -0.25) is 14.7 Å². The molecule has 1 aliphatic heterocycles. The van der Waals surface area contributed by atoms with Crippen LogP contribution in [0.5, 0.6) is 0 Å². The number of ether oxygens (including phenoxy) is 1. The van der Waals surface area contributed by atoms with Crippen LogP contribution in [-0.2, 0) is 27.7 Å². The summed E-state index contributed by atoms with van der Waals surface area (Å²) in [6.07, 6.45) is 5.02. The second-order valence-corrected chi connectivity index (χ2v) is 18.5. The van der Waals surface area contributed by atoms with E-state index in [-0.39, 0.29) is 35.2 Å². The lowest BCUT2D eigenvalue weighted by molar-refractivity contribution is -0.00135. The average molecular weight is 673 g/mol. The summed E-state index contributed by atoms with van der Waals surface area (Å²) in [7, 11) is 0.538. The number of carbonyl (C=O) groups is 2. The molecule has 8 nitrogen and oxygen atoms in total. The van der Waals surface area contributed by atoms with Gasteiger partial charge in [-0.05, 0) is 100 Å². The number of benzene rings is 2. The Kier molecular flexibility index (Phi) is 11.6. The Labute approximate surface area is 289 Å². The summed E-state index contributed by atoms with van der Waals surface area (Å²) in [5.74, 6) is -0.106. The minimum atomic E-state index is -1.22. The van der Waals surface area contributed by atoms with Crippen LogP contribution in [0.2, 0.25) is 11.6 Å². The minimum absolute atomic E-state index is 0.0248. The summed E-state index contributed by atoms with van der Waals surface area (Å²) in [5.41, 5.74) is 2.59. The van der Waals surface area contributed by atoms with Crippen LogP contribution < -0.4 is 0 Å². The van der Waals surface area contributed by atoms with E-state index in [0.29, 0.717) is 24.1 Å². The first-order chi connectivity index (χ1) is 22.3. The first kappa shape index (κ1) is 37.3. The molecule has 0 aliphatic carbocycles. The smallest absolute Gasteiger partial charge is 0.410 e. The minimum Gasteiger partial charge on any atom is -0.444 e. The highest BCUT2D eigenvalue weighted by molar-refractivity contribution is 6.53. The molecule has 1 fully saturated rings. The molecule has 1 aliphatic rings. The molecule has 0 saturated carbocycles. The SMILES string of the molecule is CN(Cc1cncc(C(C)(C)O)c1)C(=O)c1ccc(C[C@@H]2CC[C@H]([C@H](O[Si](C)C(C)(C)C)c3ccccc3)N2C(=O)OC(C)(C)C)cc1. The van der Waals surface area contributed by atoms with Crippen molar-refractivity contribution in [2.45, 2.75) is 122 Å². The first-order valence-electron chi connectivity index (χ1n) is 16.9. The topological polar surface area (TPSA) is 92.2 Å². The van der Waals surface area contributed by atoms with Gasteiger partial charge >= 0.3 is 6.09 Å². The average Bonchev–Trinajstić information content (AvgIpc) is 3.41. The van der Waals surface area contributed by atoms with Gasteiger partial charge in [-0.15, -0.1) is 0 Å². The van der Waals surface area contributed by atoms with Crippen molar-refractivity contribution in [2.75, 3.05) is 7.05 Å². The van der Waals surface area contributed by atoms with E-state index in [9.17, 15) is 14.7 Å². The second kappa shape index (κ2) is 14.9. The maximum absolute atomic E-state index is 13.9. The maximum atomic E-state index is 13.9. The predicted octanol–water partition coefficient (Wildman–Crippen LogP) is 8.07. The zero-order chi connectivity index (χ0) is 35.4. The van der Waals surface area contributed by atoms with Gasteiger partial charge in [0.15, 0.2) is 0 Å². The second-order valence-electron chi connectivity index (χ2n) is 15.6. The molecule has 2 aromatic carbocycles. The highest BCUT2D eigenvalue weighted by Crippen LogP contribution is 2.40. The van der Waals surface area contributed by atoms with E-state index in [1.165, 1.54) is 0 Å². The van der Waals surface area contributed by atoms with Crippen LogP contribution in [0.4, 0.5) is 4.79 Å². The molecule has 48 heavy (non-hydrogen) atoms. The third kappa shape index (κ3) is 9.77. The van der Waals surface area contributed by atoms with Gasteiger partial charge in [0.1, 0.15) is 5.60 Å². The zero-order valence-corrected chi connectivity index (χ0v) is 31.4. The van der Waals surface area contributed by atoms with Gasteiger partial charge in [-0.1, -0.05) is 63.2 Å². The van der Waals surface area contributed by atoms with E-state index in [2.05, 4.69) is 44.4 Å². The Morgan fingerprint density at radius 2 is 1.60 bits per heavy atom. The summed E-state index contributed by atoms with van der Waals surface area (Å²) in [5, 5.41) is 10.4. The monoisotopic (exact) mass is 672 g/mol. The van der Waals surface area contributed by atoms with E-state index in [4.69, 9.17) is 9.16 Å². The lowest BCUT2D eigenvalue weighted by Crippen LogP contribution is -2.48. The summed E-state index contributed by atoms with van der Waals surface area (Å²) in [6.45, 7) is 18.3. The van der Waals surface area contributed by atoms with Crippen molar-refractivity contribution in [1.82, 2.24) is 14.8 Å². The first-order valence-corrected chi connectivity index (χ1v) is 18.8.